The molecule has 0 N–H and O–H groups in total. The minimum atomic E-state index is -1.39. The summed E-state index contributed by atoms with van der Waals surface area (Å²) >= 11 is 0. The van der Waals surface area contributed by atoms with Gasteiger partial charge in [-0.05, 0) is 25.7 Å². The highest BCUT2D eigenvalue weighted by Crippen LogP contribution is 1.95. The van der Waals surface area contributed by atoms with E-state index < -0.39 is 7.32 Å². The standard InChI is InChI=1S/C14H30BO5/c1-3-5-9-17-11-7-13-19-15(16)20-14-8-12-18-10-6-4-2/h3-14H2,1-2H3. The molecular weight excluding hydrogens is 259 g/mol. The lowest BCUT2D eigenvalue weighted by molar-refractivity contribution is 0.0711. The van der Waals surface area contributed by atoms with Crippen LogP contribution >= 0.6 is 0 Å². The quantitative estimate of drug-likeness (QED) is 0.324. The summed E-state index contributed by atoms with van der Waals surface area (Å²) in [7, 11) is -1.39. The molecule has 6 heteroatoms. The summed E-state index contributed by atoms with van der Waals surface area (Å²) in [5.74, 6) is 0. The molecule has 0 unspecified atom stereocenters. The molecule has 0 bridgehead atoms. The van der Waals surface area contributed by atoms with Crippen molar-refractivity contribution in [3.63, 3.8) is 0 Å². The van der Waals surface area contributed by atoms with Crippen molar-refractivity contribution in [3.8, 4) is 0 Å². The highest BCUT2D eigenvalue weighted by Gasteiger charge is 2.16. The minimum Gasteiger partial charge on any atom is -0.384 e. The van der Waals surface area contributed by atoms with Crippen molar-refractivity contribution < 1.29 is 23.8 Å². The molecule has 20 heavy (non-hydrogen) atoms. The van der Waals surface area contributed by atoms with Crippen LogP contribution < -0.4 is 0 Å². The summed E-state index contributed by atoms with van der Waals surface area (Å²) in [5.41, 5.74) is 0. The van der Waals surface area contributed by atoms with Crippen LogP contribution in [0.3, 0.4) is 0 Å². The molecule has 0 rings (SSSR count). The zero-order valence-corrected chi connectivity index (χ0v) is 13.1. The Hall–Kier alpha value is -0.135. The molecule has 5 nitrogen and oxygen atoms in total. The van der Waals surface area contributed by atoms with Crippen molar-refractivity contribution in [2.24, 2.45) is 0 Å². The lowest BCUT2D eigenvalue weighted by atomic mass is 10.2. The SMILES string of the molecule is CCCCOCCCOB([O])OCCCOCCCC. The van der Waals surface area contributed by atoms with Gasteiger partial charge in [0.25, 0.3) is 0 Å². The van der Waals surface area contributed by atoms with Crippen LogP contribution in [-0.2, 0) is 23.8 Å². The largest absolute Gasteiger partial charge is 0.666 e. The van der Waals surface area contributed by atoms with Gasteiger partial charge in [-0.1, -0.05) is 26.7 Å². The van der Waals surface area contributed by atoms with E-state index in [1.54, 1.807) is 0 Å². The van der Waals surface area contributed by atoms with Gasteiger partial charge in [-0.15, -0.1) is 0 Å². The molecule has 0 amide bonds. The molecule has 119 valence electrons. The Morgan fingerprint density at radius 3 is 1.45 bits per heavy atom. The summed E-state index contributed by atoms with van der Waals surface area (Å²) in [6.45, 7) is 7.86. The fraction of sp³-hybridized carbons (Fsp3) is 1.00. The van der Waals surface area contributed by atoms with Crippen molar-refractivity contribution in [3.05, 3.63) is 0 Å². The van der Waals surface area contributed by atoms with E-state index in [2.05, 4.69) is 13.8 Å². The zero-order chi connectivity index (χ0) is 14.9. The average molecular weight is 289 g/mol. The second kappa shape index (κ2) is 16.9. The van der Waals surface area contributed by atoms with E-state index in [1.807, 2.05) is 0 Å². The van der Waals surface area contributed by atoms with Crippen LogP contribution in [-0.4, -0.2) is 47.0 Å². The molecule has 1 radical (unpaired) electrons. The Morgan fingerprint density at radius 2 is 1.05 bits per heavy atom. The van der Waals surface area contributed by atoms with Gasteiger partial charge in [-0.25, -0.2) is 5.02 Å². The molecule has 0 aliphatic rings. The third kappa shape index (κ3) is 15.9. The lowest BCUT2D eigenvalue weighted by Crippen LogP contribution is -2.23. The topological polar surface area (TPSA) is 56.8 Å². The lowest BCUT2D eigenvalue weighted by Gasteiger charge is -2.08. The van der Waals surface area contributed by atoms with E-state index in [0.29, 0.717) is 26.4 Å². The second-order valence-corrected chi connectivity index (χ2v) is 4.67. The minimum absolute atomic E-state index is 0.382. The van der Waals surface area contributed by atoms with Crippen molar-refractivity contribution in [2.45, 2.75) is 52.4 Å². The monoisotopic (exact) mass is 289 g/mol. The van der Waals surface area contributed by atoms with E-state index in [-0.39, 0.29) is 0 Å². The Morgan fingerprint density at radius 1 is 0.650 bits per heavy atom. The van der Waals surface area contributed by atoms with Gasteiger partial charge in [-0.2, -0.15) is 0 Å². The van der Waals surface area contributed by atoms with Crippen LogP contribution in [0.4, 0.5) is 0 Å². The van der Waals surface area contributed by atoms with Crippen molar-refractivity contribution in [1.82, 2.24) is 0 Å². The highest BCUT2D eigenvalue weighted by atomic mass is 16.7. The van der Waals surface area contributed by atoms with Gasteiger partial charge in [0.05, 0.1) is 0 Å². The van der Waals surface area contributed by atoms with Gasteiger partial charge in [0, 0.05) is 39.6 Å². The molecule has 0 aromatic rings. The number of ether oxygens (including phenoxy) is 2. The summed E-state index contributed by atoms with van der Waals surface area (Å²) in [4.78, 5) is 0. The molecule has 0 saturated heterocycles. The normalized spacial score (nSPS) is 10.9. The van der Waals surface area contributed by atoms with Gasteiger partial charge in [0.1, 0.15) is 0 Å². The van der Waals surface area contributed by atoms with Gasteiger partial charge < -0.3 is 18.8 Å². The maximum Gasteiger partial charge on any atom is 0.666 e. The third-order valence-electron chi connectivity index (χ3n) is 2.66. The van der Waals surface area contributed by atoms with Gasteiger partial charge in [0.15, 0.2) is 0 Å². The smallest absolute Gasteiger partial charge is 0.384 e. The number of hydrogen-bond donors (Lipinski definition) is 0. The van der Waals surface area contributed by atoms with E-state index in [9.17, 15) is 5.02 Å². The summed E-state index contributed by atoms with van der Waals surface area (Å²) in [6.07, 6.45) is 5.88. The predicted octanol–water partition coefficient (Wildman–Crippen LogP) is 2.85. The Labute approximate surface area is 124 Å². The van der Waals surface area contributed by atoms with Gasteiger partial charge in [0.2, 0.25) is 0 Å². The maximum atomic E-state index is 11.3. The number of unbranched alkanes of at least 4 members (excludes halogenated alkanes) is 2. The van der Waals surface area contributed by atoms with E-state index >= 15 is 0 Å². The van der Waals surface area contributed by atoms with Gasteiger partial charge >= 0.3 is 7.32 Å². The van der Waals surface area contributed by atoms with Crippen molar-refractivity contribution in [1.29, 1.82) is 0 Å². The van der Waals surface area contributed by atoms with E-state index in [1.165, 1.54) is 0 Å². The zero-order valence-electron chi connectivity index (χ0n) is 13.1. The second-order valence-electron chi connectivity index (χ2n) is 4.67. The fourth-order valence-electron chi connectivity index (χ4n) is 1.43. The van der Waals surface area contributed by atoms with Crippen LogP contribution in [0.1, 0.15) is 52.4 Å². The summed E-state index contributed by atoms with van der Waals surface area (Å²) < 4.78 is 20.7. The molecule has 0 aliphatic carbocycles. The predicted molar refractivity (Wildman–Crippen MR) is 79.0 cm³/mol. The van der Waals surface area contributed by atoms with Crippen LogP contribution in [0.5, 0.6) is 0 Å². The Bertz CT molecular complexity index is 165. The Balaban J connectivity index is 3.11. The molecule has 0 atom stereocenters. The molecule has 0 aromatic heterocycles. The molecule has 0 aromatic carbocycles. The van der Waals surface area contributed by atoms with Crippen molar-refractivity contribution in [2.75, 3.05) is 39.6 Å². The van der Waals surface area contributed by atoms with Crippen LogP contribution in [0.2, 0.25) is 0 Å². The first-order chi connectivity index (χ1) is 9.81. The average Bonchev–Trinajstić information content (AvgIpc) is 2.45. The van der Waals surface area contributed by atoms with Crippen LogP contribution in [0, 0.1) is 0 Å². The first-order valence-electron chi connectivity index (χ1n) is 7.85. The number of hydrogen-bond acceptors (Lipinski definition) is 4. The Kier molecular flexibility index (Phi) is 16.8. The third-order valence-corrected chi connectivity index (χ3v) is 2.66. The van der Waals surface area contributed by atoms with E-state index in [4.69, 9.17) is 18.8 Å². The summed E-state index contributed by atoms with van der Waals surface area (Å²) in [6, 6.07) is 0. The maximum absolute atomic E-state index is 11.3. The molecule has 0 fully saturated rings. The highest BCUT2D eigenvalue weighted by molar-refractivity contribution is 6.34. The van der Waals surface area contributed by atoms with Crippen LogP contribution in [0.15, 0.2) is 0 Å². The van der Waals surface area contributed by atoms with Crippen LogP contribution in [0.25, 0.3) is 0 Å². The molecular formula is C14H30BO5. The fourth-order valence-corrected chi connectivity index (χ4v) is 1.43. The summed E-state index contributed by atoms with van der Waals surface area (Å²) in [5, 5.41) is 11.3. The first kappa shape index (κ1) is 19.9. The molecule has 0 spiro atoms. The molecule has 0 saturated carbocycles. The molecule has 0 heterocycles. The van der Waals surface area contributed by atoms with E-state index in [0.717, 1.165) is 51.7 Å². The molecule has 0 aliphatic heterocycles. The first-order valence-corrected chi connectivity index (χ1v) is 7.85. The van der Waals surface area contributed by atoms with Crippen molar-refractivity contribution >= 4 is 7.32 Å². The number of rotatable bonds is 16. The van der Waals surface area contributed by atoms with Gasteiger partial charge in [-0.3, -0.25) is 0 Å².